The molecular formula is C24H18ClN7OS. The van der Waals surface area contributed by atoms with E-state index in [0.717, 1.165) is 27.7 Å². The van der Waals surface area contributed by atoms with E-state index in [1.165, 1.54) is 11.8 Å². The second-order valence-electron chi connectivity index (χ2n) is 7.23. The Hall–Kier alpha value is -3.95. The normalized spacial score (nSPS) is 11.3. The molecule has 0 radical (unpaired) electrons. The summed E-state index contributed by atoms with van der Waals surface area (Å²) < 4.78 is 1.89. The summed E-state index contributed by atoms with van der Waals surface area (Å²) in [5.74, 6) is 0.509. The van der Waals surface area contributed by atoms with Crippen molar-refractivity contribution in [2.75, 3.05) is 5.75 Å². The molecule has 34 heavy (non-hydrogen) atoms. The molecule has 0 saturated heterocycles. The zero-order chi connectivity index (χ0) is 23.3. The fourth-order valence-electron chi connectivity index (χ4n) is 3.41. The topological polar surface area (TPSA) is 101 Å². The molecule has 3 aromatic heterocycles. The van der Waals surface area contributed by atoms with Crippen LogP contribution in [0.2, 0.25) is 5.02 Å². The van der Waals surface area contributed by atoms with Gasteiger partial charge in [-0.15, -0.1) is 10.2 Å². The minimum Gasteiger partial charge on any atom is -0.361 e. The summed E-state index contributed by atoms with van der Waals surface area (Å²) in [6, 6.07) is 19.0. The van der Waals surface area contributed by atoms with Crippen LogP contribution in [-0.4, -0.2) is 42.6 Å². The second kappa shape index (κ2) is 9.90. The van der Waals surface area contributed by atoms with Gasteiger partial charge >= 0.3 is 0 Å². The van der Waals surface area contributed by atoms with Crippen LogP contribution >= 0.6 is 23.4 Å². The van der Waals surface area contributed by atoms with E-state index in [0.29, 0.717) is 16.0 Å². The number of hydrogen-bond donors (Lipinski definition) is 2. The van der Waals surface area contributed by atoms with Crippen molar-refractivity contribution >= 4 is 46.4 Å². The molecular weight excluding hydrogens is 470 g/mol. The van der Waals surface area contributed by atoms with Gasteiger partial charge in [-0.25, -0.2) is 5.43 Å². The lowest BCUT2D eigenvalue weighted by Crippen LogP contribution is -2.20. The molecule has 0 fully saturated rings. The number of halogens is 1. The van der Waals surface area contributed by atoms with E-state index in [2.05, 4.69) is 30.7 Å². The van der Waals surface area contributed by atoms with E-state index in [9.17, 15) is 4.79 Å². The van der Waals surface area contributed by atoms with E-state index < -0.39 is 0 Å². The van der Waals surface area contributed by atoms with Crippen LogP contribution in [-0.2, 0) is 4.79 Å². The number of carbonyl (C=O) groups is 1. The average molecular weight is 488 g/mol. The van der Waals surface area contributed by atoms with Gasteiger partial charge in [-0.05, 0) is 42.5 Å². The Balaban J connectivity index is 1.31. The van der Waals surface area contributed by atoms with Crippen molar-refractivity contribution in [1.29, 1.82) is 0 Å². The summed E-state index contributed by atoms with van der Waals surface area (Å²) in [7, 11) is 0. The van der Waals surface area contributed by atoms with Crippen molar-refractivity contribution in [2.45, 2.75) is 5.16 Å². The smallest absolute Gasteiger partial charge is 0.250 e. The molecule has 0 aliphatic carbocycles. The summed E-state index contributed by atoms with van der Waals surface area (Å²) in [5.41, 5.74) is 6.17. The standard InChI is InChI=1S/C24H18ClN7OS/c25-18-5-7-19(8-6-18)32-23(16-9-11-26-12-10-16)30-31-24(32)34-15-22(33)29-28-14-17-13-27-21-4-2-1-3-20(17)21/h1-14,27H,15H2,(H,29,33)/b28-14-. The number of pyridine rings is 1. The number of hydrazone groups is 1. The summed E-state index contributed by atoms with van der Waals surface area (Å²) >= 11 is 7.34. The molecule has 0 aliphatic heterocycles. The van der Waals surface area contributed by atoms with E-state index in [1.54, 1.807) is 30.7 Å². The van der Waals surface area contributed by atoms with Crippen molar-refractivity contribution in [3.63, 3.8) is 0 Å². The first-order chi connectivity index (χ1) is 16.7. The van der Waals surface area contributed by atoms with Gasteiger partial charge in [-0.1, -0.05) is 41.6 Å². The molecule has 10 heteroatoms. The quantitative estimate of drug-likeness (QED) is 0.197. The summed E-state index contributed by atoms with van der Waals surface area (Å²) in [6.45, 7) is 0. The molecule has 5 aromatic rings. The summed E-state index contributed by atoms with van der Waals surface area (Å²) in [4.78, 5) is 19.7. The molecule has 0 aliphatic rings. The molecule has 0 saturated carbocycles. The van der Waals surface area contributed by atoms with Crippen LogP contribution in [0.4, 0.5) is 0 Å². The maximum Gasteiger partial charge on any atom is 0.250 e. The molecule has 2 N–H and O–H groups in total. The number of nitrogens with zero attached hydrogens (tertiary/aromatic N) is 5. The highest BCUT2D eigenvalue weighted by Crippen LogP contribution is 2.28. The fourth-order valence-corrected chi connectivity index (χ4v) is 4.28. The van der Waals surface area contributed by atoms with Gasteiger partial charge in [0.1, 0.15) is 0 Å². The number of aromatic amines is 1. The minimum atomic E-state index is -0.253. The van der Waals surface area contributed by atoms with Crippen molar-refractivity contribution < 1.29 is 4.79 Å². The van der Waals surface area contributed by atoms with Crippen LogP contribution in [0.5, 0.6) is 0 Å². The number of para-hydroxylation sites is 1. The van der Waals surface area contributed by atoms with Gasteiger partial charge in [0.2, 0.25) is 0 Å². The van der Waals surface area contributed by atoms with Crippen molar-refractivity contribution in [1.82, 2.24) is 30.2 Å². The Kier molecular flexibility index (Phi) is 6.37. The number of hydrogen-bond acceptors (Lipinski definition) is 6. The number of carbonyl (C=O) groups excluding carboxylic acids is 1. The molecule has 168 valence electrons. The first-order valence-electron chi connectivity index (χ1n) is 10.3. The second-order valence-corrected chi connectivity index (χ2v) is 8.60. The molecule has 1 amide bonds. The molecule has 8 nitrogen and oxygen atoms in total. The number of thioether (sulfide) groups is 1. The largest absolute Gasteiger partial charge is 0.361 e. The number of H-pyrrole nitrogens is 1. The lowest BCUT2D eigenvalue weighted by atomic mass is 10.2. The van der Waals surface area contributed by atoms with E-state index in [-0.39, 0.29) is 11.7 Å². The van der Waals surface area contributed by atoms with Gasteiger partial charge in [0.25, 0.3) is 5.91 Å². The lowest BCUT2D eigenvalue weighted by molar-refractivity contribution is -0.118. The number of rotatable bonds is 7. The maximum absolute atomic E-state index is 12.4. The molecule has 5 rings (SSSR count). The molecule has 0 unspecified atom stereocenters. The number of amides is 1. The maximum atomic E-state index is 12.4. The van der Waals surface area contributed by atoms with Crippen LogP contribution in [0.1, 0.15) is 5.56 Å². The third-order valence-electron chi connectivity index (χ3n) is 5.00. The molecule has 2 aromatic carbocycles. The Morgan fingerprint density at radius 3 is 2.71 bits per heavy atom. The number of benzene rings is 2. The minimum absolute atomic E-state index is 0.118. The van der Waals surface area contributed by atoms with E-state index in [1.807, 2.05) is 59.3 Å². The molecule has 0 bridgehead atoms. The molecule has 0 atom stereocenters. The van der Waals surface area contributed by atoms with Gasteiger partial charge < -0.3 is 4.98 Å². The summed E-state index contributed by atoms with van der Waals surface area (Å²) in [6.07, 6.45) is 6.87. The van der Waals surface area contributed by atoms with Crippen molar-refractivity contribution in [3.05, 3.63) is 89.8 Å². The number of fused-ring (bicyclic) bond motifs is 1. The number of aromatic nitrogens is 5. The van der Waals surface area contributed by atoms with Crippen LogP contribution in [0.3, 0.4) is 0 Å². The molecule has 3 heterocycles. The van der Waals surface area contributed by atoms with Gasteiger partial charge in [-0.3, -0.25) is 14.3 Å². The SMILES string of the molecule is O=C(CSc1nnc(-c2ccncc2)n1-c1ccc(Cl)cc1)N/N=C\c1c[nH]c2ccccc12. The highest BCUT2D eigenvalue weighted by Gasteiger charge is 2.17. The Labute approximate surface area is 204 Å². The van der Waals surface area contributed by atoms with Gasteiger partial charge in [0.05, 0.1) is 12.0 Å². The van der Waals surface area contributed by atoms with Crippen molar-refractivity contribution in [3.8, 4) is 17.1 Å². The highest BCUT2D eigenvalue weighted by atomic mass is 35.5. The first kappa shape index (κ1) is 21.9. The monoisotopic (exact) mass is 487 g/mol. The van der Waals surface area contributed by atoms with Gasteiger partial charge in [-0.2, -0.15) is 5.10 Å². The van der Waals surface area contributed by atoms with Crippen molar-refractivity contribution in [2.24, 2.45) is 5.10 Å². The highest BCUT2D eigenvalue weighted by molar-refractivity contribution is 7.99. The van der Waals surface area contributed by atoms with Gasteiger partial charge in [0, 0.05) is 51.3 Å². The Bertz CT molecular complexity index is 1460. The number of nitrogens with one attached hydrogen (secondary N) is 2. The lowest BCUT2D eigenvalue weighted by Gasteiger charge is -2.10. The summed E-state index contributed by atoms with van der Waals surface area (Å²) in [5, 5.41) is 15.0. The van der Waals surface area contributed by atoms with Crippen LogP contribution in [0, 0.1) is 0 Å². The predicted octanol–water partition coefficient (Wildman–Crippen LogP) is 4.71. The first-order valence-corrected chi connectivity index (χ1v) is 11.7. The third-order valence-corrected chi connectivity index (χ3v) is 6.18. The van der Waals surface area contributed by atoms with Crippen LogP contribution < -0.4 is 5.43 Å². The third kappa shape index (κ3) is 4.70. The zero-order valence-electron chi connectivity index (χ0n) is 17.7. The van der Waals surface area contributed by atoms with Crippen LogP contribution in [0.15, 0.2) is 89.5 Å². The van der Waals surface area contributed by atoms with E-state index in [4.69, 9.17) is 11.6 Å². The average Bonchev–Trinajstić information content (AvgIpc) is 3.48. The Morgan fingerprint density at radius 2 is 1.88 bits per heavy atom. The fraction of sp³-hybridized carbons (Fsp3) is 0.0417. The zero-order valence-corrected chi connectivity index (χ0v) is 19.3. The Morgan fingerprint density at radius 1 is 1.09 bits per heavy atom. The van der Waals surface area contributed by atoms with Crippen LogP contribution in [0.25, 0.3) is 28.0 Å². The predicted molar refractivity (Wildman–Crippen MR) is 134 cm³/mol. The van der Waals surface area contributed by atoms with Gasteiger partial charge in [0.15, 0.2) is 11.0 Å². The molecule has 0 spiro atoms. The van der Waals surface area contributed by atoms with E-state index >= 15 is 0 Å².